The van der Waals surface area contributed by atoms with E-state index in [1.54, 1.807) is 22.8 Å². The molecule has 2 unspecified atom stereocenters. The molecule has 1 aliphatic rings. The van der Waals surface area contributed by atoms with Gasteiger partial charge in [-0.3, -0.25) is 4.57 Å². The number of aliphatic hydroxyl groups is 1. The second-order valence-corrected chi connectivity index (χ2v) is 8.53. The highest BCUT2D eigenvalue weighted by molar-refractivity contribution is 9.10. The van der Waals surface area contributed by atoms with Crippen molar-refractivity contribution in [3.05, 3.63) is 61.4 Å². The average Bonchev–Trinajstić information content (AvgIpc) is 3.02. The number of carbonyl (C=O) groups is 1. The van der Waals surface area contributed by atoms with Crippen molar-refractivity contribution in [1.29, 1.82) is 0 Å². The minimum Gasteiger partial charge on any atom is -0.389 e. The van der Waals surface area contributed by atoms with Gasteiger partial charge in [0.15, 0.2) is 0 Å². The lowest BCUT2D eigenvalue weighted by molar-refractivity contribution is 0.0442. The quantitative estimate of drug-likeness (QED) is 0.492. The molecular weight excluding hydrogens is 483 g/mol. The summed E-state index contributed by atoms with van der Waals surface area (Å²) in [5.74, 6) is 0. The van der Waals surface area contributed by atoms with Crippen LogP contribution in [0.2, 0.25) is 10.0 Å². The van der Waals surface area contributed by atoms with E-state index >= 15 is 0 Å². The molecule has 29 heavy (non-hydrogen) atoms. The van der Waals surface area contributed by atoms with Crippen LogP contribution >= 0.6 is 39.1 Å². The van der Waals surface area contributed by atoms with Gasteiger partial charge in [-0.15, -0.1) is 0 Å². The van der Waals surface area contributed by atoms with E-state index in [2.05, 4.69) is 26.2 Å². The number of nitrogens with zero attached hydrogens (tertiary/aromatic N) is 2. The molecule has 10 heteroatoms. The molecule has 2 atom stereocenters. The van der Waals surface area contributed by atoms with Gasteiger partial charge < -0.3 is 20.3 Å². The molecule has 0 aliphatic carbocycles. The molecule has 152 valence electrons. The zero-order chi connectivity index (χ0) is 20.7. The highest BCUT2D eigenvalue weighted by atomic mass is 79.9. The second kappa shape index (κ2) is 8.02. The molecule has 7 nitrogen and oxygen atoms in total. The zero-order valence-electron chi connectivity index (χ0n) is 15.0. The fourth-order valence-electron chi connectivity index (χ4n) is 3.62. The van der Waals surface area contributed by atoms with E-state index in [0.717, 1.165) is 4.47 Å². The number of anilines is 1. The number of hydrogen-bond acceptors (Lipinski definition) is 3. The van der Waals surface area contributed by atoms with Crippen LogP contribution in [0.1, 0.15) is 12.5 Å². The summed E-state index contributed by atoms with van der Waals surface area (Å²) in [6.45, 7) is 0.493. The zero-order valence-corrected chi connectivity index (χ0v) is 18.1. The Labute approximate surface area is 184 Å². The summed E-state index contributed by atoms with van der Waals surface area (Å²) in [5.41, 5.74) is 1.62. The van der Waals surface area contributed by atoms with Crippen LogP contribution in [0.4, 0.5) is 10.5 Å². The number of amides is 2. The first-order chi connectivity index (χ1) is 13.8. The van der Waals surface area contributed by atoms with Gasteiger partial charge in [0.1, 0.15) is 0 Å². The van der Waals surface area contributed by atoms with Crippen molar-refractivity contribution in [1.82, 2.24) is 14.5 Å². The number of aromatic nitrogens is 2. The Balaban J connectivity index is 1.51. The molecule has 3 N–H and O–H groups in total. The first kappa shape index (κ1) is 20.3. The summed E-state index contributed by atoms with van der Waals surface area (Å²) >= 11 is 15.3. The number of nitrogens with one attached hydrogen (secondary N) is 2. The number of fused-ring (bicyclic) bond motifs is 1. The molecule has 2 aromatic carbocycles. The lowest BCUT2D eigenvalue weighted by Gasteiger charge is -2.36. The van der Waals surface area contributed by atoms with Crippen LogP contribution in [0.15, 0.2) is 45.7 Å². The largest absolute Gasteiger partial charge is 0.389 e. The van der Waals surface area contributed by atoms with Gasteiger partial charge in [0.25, 0.3) is 0 Å². The van der Waals surface area contributed by atoms with Crippen molar-refractivity contribution < 1.29 is 9.90 Å². The first-order valence-corrected chi connectivity index (χ1v) is 10.5. The van der Waals surface area contributed by atoms with E-state index < -0.39 is 12.1 Å². The third kappa shape index (κ3) is 3.90. The van der Waals surface area contributed by atoms with Gasteiger partial charge in [-0.05, 0) is 52.7 Å². The number of likely N-dealkylation sites (tertiary alicyclic amines) is 1. The first-order valence-electron chi connectivity index (χ1n) is 8.93. The van der Waals surface area contributed by atoms with Crippen LogP contribution in [0.3, 0.4) is 0 Å². The molecule has 0 bridgehead atoms. The van der Waals surface area contributed by atoms with Gasteiger partial charge in [-0.1, -0.05) is 29.3 Å². The molecule has 4 rings (SSSR count). The van der Waals surface area contributed by atoms with Crippen molar-refractivity contribution in [3.8, 4) is 0 Å². The fraction of sp³-hybridized carbons (Fsp3) is 0.263. The molecule has 0 radical (unpaired) electrons. The molecular formula is C19H17BrCl2N4O3. The predicted octanol–water partition coefficient (Wildman–Crippen LogP) is 4.24. The number of rotatable bonds is 2. The van der Waals surface area contributed by atoms with Crippen molar-refractivity contribution in [2.75, 3.05) is 18.4 Å². The number of benzene rings is 2. The van der Waals surface area contributed by atoms with Crippen LogP contribution in [0.25, 0.3) is 11.0 Å². The maximum Gasteiger partial charge on any atom is 0.326 e. The average molecular weight is 500 g/mol. The molecule has 1 aromatic heterocycles. The number of imidazole rings is 1. The summed E-state index contributed by atoms with van der Waals surface area (Å²) in [6, 6.07) is 9.54. The maximum atomic E-state index is 12.6. The Morgan fingerprint density at radius 3 is 2.76 bits per heavy atom. The normalized spacial score (nSPS) is 19.5. The number of aromatic amines is 1. The fourth-order valence-corrected chi connectivity index (χ4v) is 4.38. The third-order valence-electron chi connectivity index (χ3n) is 5.04. The number of carbonyl (C=O) groups excluding carboxylic acids is 1. The van der Waals surface area contributed by atoms with Crippen LogP contribution in [-0.4, -0.2) is 44.8 Å². The van der Waals surface area contributed by atoms with Gasteiger partial charge >= 0.3 is 11.7 Å². The van der Waals surface area contributed by atoms with Crippen molar-refractivity contribution in [3.63, 3.8) is 0 Å². The lowest BCUT2D eigenvalue weighted by Crippen LogP contribution is -2.49. The third-order valence-corrected chi connectivity index (χ3v) is 6.44. The van der Waals surface area contributed by atoms with E-state index in [4.69, 9.17) is 23.2 Å². The van der Waals surface area contributed by atoms with Gasteiger partial charge in [0.05, 0.1) is 39.8 Å². The molecule has 0 saturated carbocycles. The minimum atomic E-state index is -0.890. The summed E-state index contributed by atoms with van der Waals surface area (Å²) in [7, 11) is 0. The number of urea groups is 1. The number of halogens is 3. The Morgan fingerprint density at radius 2 is 2.03 bits per heavy atom. The molecule has 1 fully saturated rings. The number of piperidine rings is 1. The van der Waals surface area contributed by atoms with Gasteiger partial charge in [-0.25, -0.2) is 9.59 Å². The Hall–Kier alpha value is -2.00. The molecule has 1 aliphatic heterocycles. The summed E-state index contributed by atoms with van der Waals surface area (Å²) < 4.78 is 2.35. The standard InChI is InChI=1S/C19H17BrCl2N4O3/c20-11-2-1-3-15-17(11)24-19(29)26(15)14-6-7-25(9-16(14)27)18(28)23-10-4-5-12(21)13(22)8-10/h1-5,8,14,16,27H,6-7,9H2,(H,23,28)(H,24,29). The summed E-state index contributed by atoms with van der Waals surface area (Å²) in [5, 5.41) is 14.2. The van der Waals surface area contributed by atoms with Crippen molar-refractivity contribution >= 4 is 61.9 Å². The number of aliphatic hydroxyl groups excluding tert-OH is 1. The highest BCUT2D eigenvalue weighted by Crippen LogP contribution is 2.29. The smallest absolute Gasteiger partial charge is 0.326 e. The molecule has 2 heterocycles. The second-order valence-electron chi connectivity index (χ2n) is 6.86. The van der Waals surface area contributed by atoms with Crippen LogP contribution in [0, 0.1) is 0 Å². The Kier molecular flexibility index (Phi) is 5.61. The molecule has 0 spiro atoms. The SMILES string of the molecule is O=C(Nc1ccc(Cl)c(Cl)c1)N1CCC(n2c(=O)[nH]c3c(Br)cccc32)C(O)C1. The number of para-hydroxylation sites is 1. The van der Waals surface area contributed by atoms with Gasteiger partial charge in [-0.2, -0.15) is 0 Å². The number of H-pyrrole nitrogens is 1. The molecule has 1 saturated heterocycles. The number of hydrogen-bond donors (Lipinski definition) is 3. The predicted molar refractivity (Wildman–Crippen MR) is 117 cm³/mol. The van der Waals surface area contributed by atoms with Gasteiger partial charge in [0, 0.05) is 16.7 Å². The topological polar surface area (TPSA) is 90.4 Å². The lowest BCUT2D eigenvalue weighted by atomic mass is 10.0. The van der Waals surface area contributed by atoms with E-state index in [-0.39, 0.29) is 18.3 Å². The minimum absolute atomic E-state index is 0.102. The number of β-amino-alcohol motifs (C(OH)–C–C–N with tert-alkyl or cyclic N) is 1. The van der Waals surface area contributed by atoms with E-state index in [9.17, 15) is 14.7 Å². The monoisotopic (exact) mass is 498 g/mol. The van der Waals surface area contributed by atoms with Crippen molar-refractivity contribution in [2.24, 2.45) is 0 Å². The van der Waals surface area contributed by atoms with E-state index in [1.807, 2.05) is 18.2 Å². The van der Waals surface area contributed by atoms with Gasteiger partial charge in [0.2, 0.25) is 0 Å². The maximum absolute atomic E-state index is 12.6. The van der Waals surface area contributed by atoms with Crippen LogP contribution in [-0.2, 0) is 0 Å². The van der Waals surface area contributed by atoms with Crippen LogP contribution in [0.5, 0.6) is 0 Å². The summed E-state index contributed by atoms with van der Waals surface area (Å²) in [6.07, 6.45) is -0.450. The van der Waals surface area contributed by atoms with E-state index in [0.29, 0.717) is 39.7 Å². The van der Waals surface area contributed by atoms with E-state index in [1.165, 1.54) is 4.90 Å². The van der Waals surface area contributed by atoms with Crippen molar-refractivity contribution in [2.45, 2.75) is 18.6 Å². The molecule has 2 amide bonds. The molecule has 3 aromatic rings. The summed E-state index contributed by atoms with van der Waals surface area (Å²) in [4.78, 5) is 29.4. The Bertz CT molecular complexity index is 1150. The Morgan fingerprint density at radius 1 is 1.24 bits per heavy atom. The highest BCUT2D eigenvalue weighted by Gasteiger charge is 2.33. The van der Waals surface area contributed by atoms with Crippen LogP contribution < -0.4 is 11.0 Å².